The lowest BCUT2D eigenvalue weighted by molar-refractivity contribution is 0.204. The lowest BCUT2D eigenvalue weighted by atomic mass is 9.79. The molecule has 4 aliphatic carbocycles. The van der Waals surface area contributed by atoms with Crippen molar-refractivity contribution in [2.24, 2.45) is 29.1 Å². The molecule has 2 bridgehead atoms. The van der Waals surface area contributed by atoms with Gasteiger partial charge in [0.25, 0.3) is 0 Å². The molecule has 0 aromatic heterocycles. The van der Waals surface area contributed by atoms with Crippen LogP contribution < -0.4 is 5.32 Å². The van der Waals surface area contributed by atoms with E-state index in [1.54, 1.807) is 19.3 Å². The summed E-state index contributed by atoms with van der Waals surface area (Å²) in [7, 11) is 0. The zero-order valence-electron chi connectivity index (χ0n) is 10.7. The van der Waals surface area contributed by atoms with E-state index in [0.29, 0.717) is 5.41 Å². The molecular formula is C15H25N. The van der Waals surface area contributed by atoms with Crippen LogP contribution in [0.5, 0.6) is 0 Å². The van der Waals surface area contributed by atoms with Crippen molar-refractivity contribution < 1.29 is 0 Å². The molecule has 0 aromatic carbocycles. The number of rotatable bonds is 2. The van der Waals surface area contributed by atoms with Crippen LogP contribution in [0, 0.1) is 29.1 Å². The summed E-state index contributed by atoms with van der Waals surface area (Å²) in [6.07, 6.45) is 9.14. The molecule has 4 saturated carbocycles. The molecule has 0 radical (unpaired) electrons. The van der Waals surface area contributed by atoms with E-state index in [9.17, 15) is 0 Å². The highest BCUT2D eigenvalue weighted by Gasteiger charge is 2.56. The molecule has 0 saturated heterocycles. The van der Waals surface area contributed by atoms with Gasteiger partial charge < -0.3 is 5.32 Å². The summed E-state index contributed by atoms with van der Waals surface area (Å²) in [5.41, 5.74) is 0.608. The maximum absolute atomic E-state index is 3.99. The third-order valence-electron chi connectivity index (χ3n) is 6.36. The third-order valence-corrected chi connectivity index (χ3v) is 6.36. The summed E-state index contributed by atoms with van der Waals surface area (Å²) in [6.45, 7) is 4.83. The minimum atomic E-state index is 0.608. The Kier molecular flexibility index (Phi) is 1.89. The predicted molar refractivity (Wildman–Crippen MR) is 66.2 cm³/mol. The Morgan fingerprint density at radius 3 is 2.50 bits per heavy atom. The van der Waals surface area contributed by atoms with Crippen LogP contribution in [0.15, 0.2) is 0 Å². The second kappa shape index (κ2) is 3.04. The van der Waals surface area contributed by atoms with E-state index in [0.717, 1.165) is 35.8 Å². The van der Waals surface area contributed by atoms with E-state index in [-0.39, 0.29) is 0 Å². The number of nitrogens with one attached hydrogen (secondary N) is 1. The molecule has 1 heteroatoms. The van der Waals surface area contributed by atoms with Crippen LogP contribution in [0.1, 0.15) is 52.4 Å². The molecule has 4 aliphatic rings. The summed E-state index contributed by atoms with van der Waals surface area (Å²) in [5.74, 6) is 4.44. The molecule has 0 spiro atoms. The van der Waals surface area contributed by atoms with Crippen LogP contribution >= 0.6 is 0 Å². The van der Waals surface area contributed by atoms with E-state index in [1.807, 2.05) is 0 Å². The van der Waals surface area contributed by atoms with Crippen molar-refractivity contribution in [3.05, 3.63) is 0 Å². The Balaban J connectivity index is 1.45. The lowest BCUT2D eigenvalue weighted by Gasteiger charge is -2.32. The van der Waals surface area contributed by atoms with Crippen LogP contribution in [0.2, 0.25) is 0 Å². The standard InChI is InChI=1S/C15H25N/c1-15(2)8-14(15)16-13-7-9-6-12(13)11-5-3-4-10(9)11/h9-14,16H,3-8H2,1-2H3. The molecule has 4 fully saturated rings. The molecule has 1 nitrogen and oxygen atoms in total. The Labute approximate surface area is 99.4 Å². The average Bonchev–Trinajstić information content (AvgIpc) is 2.68. The minimum absolute atomic E-state index is 0.608. The number of fused-ring (bicyclic) bond motifs is 5. The molecule has 90 valence electrons. The SMILES string of the molecule is CC1(C)CC1NC1CC2CC1C1CCCC21. The monoisotopic (exact) mass is 219 g/mol. The second-order valence-corrected chi connectivity index (χ2v) is 7.67. The van der Waals surface area contributed by atoms with Gasteiger partial charge in [0, 0.05) is 12.1 Å². The molecule has 1 N–H and O–H groups in total. The van der Waals surface area contributed by atoms with Gasteiger partial charge in [-0.25, -0.2) is 0 Å². The van der Waals surface area contributed by atoms with Gasteiger partial charge in [-0.05, 0) is 61.2 Å². The number of hydrogen-bond acceptors (Lipinski definition) is 1. The molecule has 6 atom stereocenters. The molecule has 6 unspecified atom stereocenters. The van der Waals surface area contributed by atoms with Gasteiger partial charge in [-0.3, -0.25) is 0 Å². The molecule has 0 aromatic rings. The average molecular weight is 219 g/mol. The molecule has 4 rings (SSSR count). The Bertz CT molecular complexity index is 309. The first-order valence-electron chi connectivity index (χ1n) is 7.41. The first kappa shape index (κ1) is 9.94. The zero-order valence-corrected chi connectivity index (χ0v) is 10.7. The van der Waals surface area contributed by atoms with Gasteiger partial charge in [0.1, 0.15) is 0 Å². The van der Waals surface area contributed by atoms with Gasteiger partial charge in [-0.15, -0.1) is 0 Å². The fourth-order valence-corrected chi connectivity index (χ4v) is 5.27. The zero-order chi connectivity index (χ0) is 10.9. The van der Waals surface area contributed by atoms with Crippen LogP contribution in [0.3, 0.4) is 0 Å². The Morgan fingerprint density at radius 1 is 1.00 bits per heavy atom. The molecular weight excluding hydrogens is 194 g/mol. The quantitative estimate of drug-likeness (QED) is 0.752. The topological polar surface area (TPSA) is 12.0 Å². The van der Waals surface area contributed by atoms with Crippen molar-refractivity contribution in [1.82, 2.24) is 5.32 Å². The van der Waals surface area contributed by atoms with Crippen molar-refractivity contribution in [1.29, 1.82) is 0 Å². The van der Waals surface area contributed by atoms with Crippen molar-refractivity contribution in [3.8, 4) is 0 Å². The smallest absolute Gasteiger partial charge is 0.0127 e. The summed E-state index contributed by atoms with van der Waals surface area (Å²) in [6, 6.07) is 1.74. The molecule has 0 aliphatic heterocycles. The maximum atomic E-state index is 3.99. The maximum Gasteiger partial charge on any atom is 0.0127 e. The fraction of sp³-hybridized carbons (Fsp3) is 1.00. The van der Waals surface area contributed by atoms with Gasteiger partial charge in [0.05, 0.1) is 0 Å². The summed E-state index contributed by atoms with van der Waals surface area (Å²) in [4.78, 5) is 0. The van der Waals surface area contributed by atoms with Crippen molar-refractivity contribution >= 4 is 0 Å². The van der Waals surface area contributed by atoms with Gasteiger partial charge in [-0.1, -0.05) is 20.3 Å². The van der Waals surface area contributed by atoms with Crippen LogP contribution in [0.25, 0.3) is 0 Å². The lowest BCUT2D eigenvalue weighted by Crippen LogP contribution is -2.41. The molecule has 0 amide bonds. The predicted octanol–water partition coefficient (Wildman–Crippen LogP) is 3.20. The highest BCUT2D eigenvalue weighted by atomic mass is 15.0. The highest BCUT2D eigenvalue weighted by molar-refractivity contribution is 5.10. The first-order chi connectivity index (χ1) is 7.65. The minimum Gasteiger partial charge on any atom is -0.310 e. The third kappa shape index (κ3) is 1.27. The Hall–Kier alpha value is -0.0400. The summed E-state index contributed by atoms with van der Waals surface area (Å²) >= 11 is 0. The van der Waals surface area contributed by atoms with E-state index < -0.39 is 0 Å². The number of hydrogen-bond donors (Lipinski definition) is 1. The van der Waals surface area contributed by atoms with Crippen molar-refractivity contribution in [2.45, 2.75) is 64.5 Å². The summed E-state index contributed by atoms with van der Waals surface area (Å²) in [5, 5.41) is 3.99. The van der Waals surface area contributed by atoms with Crippen LogP contribution in [-0.2, 0) is 0 Å². The van der Waals surface area contributed by atoms with E-state index >= 15 is 0 Å². The normalized spacial score (nSPS) is 56.6. The molecule has 16 heavy (non-hydrogen) atoms. The fourth-order valence-electron chi connectivity index (χ4n) is 5.27. The molecule has 0 heterocycles. The van der Waals surface area contributed by atoms with E-state index in [4.69, 9.17) is 0 Å². The van der Waals surface area contributed by atoms with E-state index in [1.165, 1.54) is 19.3 Å². The largest absolute Gasteiger partial charge is 0.310 e. The van der Waals surface area contributed by atoms with Gasteiger partial charge in [-0.2, -0.15) is 0 Å². The summed E-state index contributed by atoms with van der Waals surface area (Å²) < 4.78 is 0. The Morgan fingerprint density at radius 2 is 1.75 bits per heavy atom. The van der Waals surface area contributed by atoms with Crippen LogP contribution in [-0.4, -0.2) is 12.1 Å². The van der Waals surface area contributed by atoms with E-state index in [2.05, 4.69) is 19.2 Å². The van der Waals surface area contributed by atoms with Gasteiger partial charge >= 0.3 is 0 Å². The highest BCUT2D eigenvalue weighted by Crippen LogP contribution is 2.59. The van der Waals surface area contributed by atoms with Crippen molar-refractivity contribution in [3.63, 3.8) is 0 Å². The second-order valence-electron chi connectivity index (χ2n) is 7.67. The van der Waals surface area contributed by atoms with Crippen molar-refractivity contribution in [2.75, 3.05) is 0 Å². The van der Waals surface area contributed by atoms with Gasteiger partial charge in [0.15, 0.2) is 0 Å². The van der Waals surface area contributed by atoms with Gasteiger partial charge in [0.2, 0.25) is 0 Å². The first-order valence-corrected chi connectivity index (χ1v) is 7.41. The van der Waals surface area contributed by atoms with Crippen LogP contribution in [0.4, 0.5) is 0 Å².